The van der Waals surface area contributed by atoms with Gasteiger partial charge in [-0.1, -0.05) is 0 Å². The highest BCUT2D eigenvalue weighted by atomic mass is 16.5. The van der Waals surface area contributed by atoms with E-state index in [1.54, 1.807) is 0 Å². The van der Waals surface area contributed by atoms with Gasteiger partial charge in [-0.3, -0.25) is 4.79 Å². The van der Waals surface area contributed by atoms with Crippen molar-refractivity contribution in [3.05, 3.63) is 0 Å². The summed E-state index contributed by atoms with van der Waals surface area (Å²) in [5.74, 6) is -1.30. The second-order valence-corrected chi connectivity index (χ2v) is 4.28. The summed E-state index contributed by atoms with van der Waals surface area (Å²) in [6, 6.07) is -0.820. The van der Waals surface area contributed by atoms with Crippen LogP contribution in [0.1, 0.15) is 19.8 Å². The predicted molar refractivity (Wildman–Crippen MR) is 61.7 cm³/mol. The topological polar surface area (TPSA) is 78.9 Å². The van der Waals surface area contributed by atoms with Gasteiger partial charge in [0.25, 0.3) is 0 Å². The molecule has 1 heterocycles. The lowest BCUT2D eigenvalue weighted by atomic mass is 10.1. The van der Waals surface area contributed by atoms with Crippen LogP contribution in [0.5, 0.6) is 0 Å². The van der Waals surface area contributed by atoms with E-state index in [1.165, 1.54) is 18.9 Å². The molecule has 1 aliphatic rings. The zero-order valence-corrected chi connectivity index (χ0v) is 10.3. The van der Waals surface area contributed by atoms with E-state index in [1.807, 2.05) is 0 Å². The van der Waals surface area contributed by atoms with E-state index in [2.05, 4.69) is 5.32 Å². The van der Waals surface area contributed by atoms with Crippen molar-refractivity contribution < 1.29 is 19.4 Å². The highest BCUT2D eigenvalue weighted by Gasteiger charge is 2.23. The Hall–Kier alpha value is -1.14. The summed E-state index contributed by atoms with van der Waals surface area (Å²) in [6.07, 6.45) is 1.89. The van der Waals surface area contributed by atoms with E-state index in [-0.39, 0.29) is 18.6 Å². The Bertz CT molecular complexity index is 277. The van der Waals surface area contributed by atoms with E-state index >= 15 is 0 Å². The molecule has 0 saturated carbocycles. The Morgan fingerprint density at radius 1 is 1.47 bits per heavy atom. The summed E-state index contributed by atoms with van der Waals surface area (Å²) in [4.78, 5) is 23.6. The molecule has 2 N–H and O–H groups in total. The van der Waals surface area contributed by atoms with Crippen LogP contribution in [0.2, 0.25) is 0 Å². The minimum Gasteiger partial charge on any atom is -0.480 e. The lowest BCUT2D eigenvalue weighted by Crippen LogP contribution is -2.43. The molecule has 1 saturated heterocycles. The van der Waals surface area contributed by atoms with Crippen molar-refractivity contribution in [1.29, 1.82) is 0 Å². The molecule has 0 bridgehead atoms. The van der Waals surface area contributed by atoms with E-state index in [0.29, 0.717) is 0 Å². The summed E-state index contributed by atoms with van der Waals surface area (Å²) in [5, 5.41) is 12.0. The molecule has 0 aromatic rings. The van der Waals surface area contributed by atoms with Gasteiger partial charge >= 0.3 is 5.97 Å². The van der Waals surface area contributed by atoms with Crippen LogP contribution in [0, 0.1) is 0 Å². The van der Waals surface area contributed by atoms with Gasteiger partial charge in [-0.25, -0.2) is 4.79 Å². The molecule has 1 unspecified atom stereocenters. The van der Waals surface area contributed by atoms with Gasteiger partial charge in [0.2, 0.25) is 5.91 Å². The lowest BCUT2D eigenvalue weighted by Gasteiger charge is -2.25. The number of carbonyl (C=O) groups is 2. The molecule has 98 valence electrons. The third kappa shape index (κ3) is 4.32. The maximum absolute atomic E-state index is 11.7. The molecule has 0 aromatic heterocycles. The number of piperidine rings is 1. The third-order valence-corrected chi connectivity index (χ3v) is 3.06. The number of aliphatic carboxylic acids is 1. The van der Waals surface area contributed by atoms with Crippen molar-refractivity contribution in [3.63, 3.8) is 0 Å². The monoisotopic (exact) mass is 244 g/mol. The highest BCUT2D eigenvalue weighted by Crippen LogP contribution is 2.07. The zero-order chi connectivity index (χ0) is 12.8. The smallest absolute Gasteiger partial charge is 0.326 e. The number of nitrogens with one attached hydrogen (secondary N) is 1. The van der Waals surface area contributed by atoms with Gasteiger partial charge in [-0.05, 0) is 32.9 Å². The summed E-state index contributed by atoms with van der Waals surface area (Å²) >= 11 is 0. The van der Waals surface area contributed by atoms with Crippen LogP contribution in [0.25, 0.3) is 0 Å². The van der Waals surface area contributed by atoms with E-state index in [4.69, 9.17) is 9.84 Å². The first-order valence-electron chi connectivity index (χ1n) is 5.83. The zero-order valence-electron chi connectivity index (χ0n) is 10.3. The van der Waals surface area contributed by atoms with Crippen LogP contribution in [0.15, 0.2) is 0 Å². The van der Waals surface area contributed by atoms with Crippen molar-refractivity contribution in [2.24, 2.45) is 0 Å². The molecule has 0 radical (unpaired) electrons. The average Bonchev–Trinajstić information content (AvgIpc) is 2.35. The number of carboxylic acid groups (broad SMARTS) is 1. The molecule has 17 heavy (non-hydrogen) atoms. The van der Waals surface area contributed by atoms with Crippen molar-refractivity contribution in [1.82, 2.24) is 10.2 Å². The minimum absolute atomic E-state index is 0.0429. The van der Waals surface area contributed by atoms with Gasteiger partial charge in [0.05, 0.1) is 6.10 Å². The Morgan fingerprint density at radius 2 is 2.06 bits per heavy atom. The first-order valence-corrected chi connectivity index (χ1v) is 5.83. The summed E-state index contributed by atoms with van der Waals surface area (Å²) in [5.41, 5.74) is 0. The van der Waals surface area contributed by atoms with Gasteiger partial charge in [-0.15, -0.1) is 0 Å². The average molecular weight is 244 g/mol. The molecule has 1 fully saturated rings. The summed E-state index contributed by atoms with van der Waals surface area (Å²) in [7, 11) is 1.48. The van der Waals surface area contributed by atoms with E-state index in [9.17, 15) is 9.59 Å². The molecule has 1 aliphatic heterocycles. The minimum atomic E-state index is -1.01. The maximum Gasteiger partial charge on any atom is 0.326 e. The van der Waals surface area contributed by atoms with Crippen LogP contribution in [-0.2, 0) is 14.3 Å². The SMILES string of the molecule is CC(C(=O)O)N(C)C(=O)COC1CCNCC1. The third-order valence-electron chi connectivity index (χ3n) is 3.06. The van der Waals surface area contributed by atoms with Crippen LogP contribution in [0.3, 0.4) is 0 Å². The summed E-state index contributed by atoms with van der Waals surface area (Å²) in [6.45, 7) is 3.24. The Morgan fingerprint density at radius 3 is 2.59 bits per heavy atom. The number of carbonyl (C=O) groups excluding carboxylic acids is 1. The number of amides is 1. The Labute approximate surface area is 101 Å². The molecule has 0 aliphatic carbocycles. The van der Waals surface area contributed by atoms with Crippen LogP contribution in [0.4, 0.5) is 0 Å². The number of hydrogen-bond donors (Lipinski definition) is 2. The number of hydrogen-bond acceptors (Lipinski definition) is 4. The molecular weight excluding hydrogens is 224 g/mol. The first-order chi connectivity index (χ1) is 8.02. The van der Waals surface area contributed by atoms with Gasteiger partial charge in [0.15, 0.2) is 0 Å². The number of nitrogens with zero attached hydrogens (tertiary/aromatic N) is 1. The predicted octanol–water partition coefficient (Wildman–Crippen LogP) is -0.313. The van der Waals surface area contributed by atoms with Crippen LogP contribution in [-0.4, -0.2) is 60.8 Å². The number of likely N-dealkylation sites (N-methyl/N-ethyl adjacent to an activating group) is 1. The molecule has 0 spiro atoms. The Balaban J connectivity index is 2.30. The molecular formula is C11H20N2O4. The van der Waals surface area contributed by atoms with Gasteiger partial charge < -0.3 is 20.1 Å². The van der Waals surface area contributed by atoms with Crippen molar-refractivity contribution in [2.45, 2.75) is 31.9 Å². The molecule has 1 amide bonds. The van der Waals surface area contributed by atoms with E-state index < -0.39 is 12.0 Å². The first kappa shape index (κ1) is 13.9. The standard InChI is InChI=1S/C11H20N2O4/c1-8(11(15)16)13(2)10(14)7-17-9-3-5-12-6-4-9/h8-9,12H,3-7H2,1-2H3,(H,15,16). The van der Waals surface area contributed by atoms with Gasteiger partial charge in [-0.2, -0.15) is 0 Å². The molecule has 6 nitrogen and oxygen atoms in total. The number of ether oxygens (including phenoxy) is 1. The fraction of sp³-hybridized carbons (Fsp3) is 0.818. The molecule has 1 rings (SSSR count). The van der Waals surface area contributed by atoms with Crippen molar-refractivity contribution in [3.8, 4) is 0 Å². The maximum atomic E-state index is 11.7. The van der Waals surface area contributed by atoms with E-state index in [0.717, 1.165) is 25.9 Å². The Kier molecular flexibility index (Phi) is 5.37. The normalized spacial score (nSPS) is 18.7. The highest BCUT2D eigenvalue weighted by molar-refractivity contribution is 5.83. The number of carboxylic acids is 1. The van der Waals surface area contributed by atoms with Crippen molar-refractivity contribution >= 4 is 11.9 Å². The van der Waals surface area contributed by atoms with Crippen LogP contribution < -0.4 is 5.32 Å². The molecule has 1 atom stereocenters. The summed E-state index contributed by atoms with van der Waals surface area (Å²) < 4.78 is 5.47. The fourth-order valence-electron chi connectivity index (χ4n) is 1.63. The second kappa shape index (κ2) is 6.56. The molecule has 6 heteroatoms. The lowest BCUT2D eigenvalue weighted by molar-refractivity contribution is -0.151. The van der Waals surface area contributed by atoms with Gasteiger partial charge in [0.1, 0.15) is 12.6 Å². The fourth-order valence-corrected chi connectivity index (χ4v) is 1.63. The molecule has 0 aromatic carbocycles. The second-order valence-electron chi connectivity index (χ2n) is 4.28. The number of rotatable bonds is 5. The van der Waals surface area contributed by atoms with Crippen molar-refractivity contribution in [2.75, 3.05) is 26.7 Å². The quantitative estimate of drug-likeness (QED) is 0.693. The largest absolute Gasteiger partial charge is 0.480 e. The van der Waals surface area contributed by atoms with Gasteiger partial charge in [0, 0.05) is 7.05 Å². The van der Waals surface area contributed by atoms with Crippen LogP contribution >= 0.6 is 0 Å².